The molecule has 0 spiro atoms. The minimum Gasteiger partial charge on any atom is -0.337 e. The quantitative estimate of drug-likeness (QED) is 0.761. The first-order valence-electron chi connectivity index (χ1n) is 10.7. The molecule has 1 aromatic rings. The van der Waals surface area contributed by atoms with Crippen molar-refractivity contribution in [2.45, 2.75) is 50.3 Å². The van der Waals surface area contributed by atoms with E-state index in [4.69, 9.17) is 0 Å². The summed E-state index contributed by atoms with van der Waals surface area (Å²) >= 11 is 0. The Morgan fingerprint density at radius 3 is 2.59 bits per heavy atom. The molecule has 1 heterocycles. The van der Waals surface area contributed by atoms with Gasteiger partial charge in [0.15, 0.2) is 0 Å². The number of benzene rings is 1. The van der Waals surface area contributed by atoms with Gasteiger partial charge in [-0.1, -0.05) is 26.2 Å². The standard InChI is InChI=1S/C21H32FN3O3S/c1-2-23-29(27,28)18-9-10-20(22)19(15-18)21(26)25-12-6-11-24(13-14-25)16-17-7-4-3-5-8-17/h9-10,15,17,23H,2-8,11-14,16H2,1H3. The number of rotatable bonds is 6. The lowest BCUT2D eigenvalue weighted by molar-refractivity contribution is 0.0755. The van der Waals surface area contributed by atoms with E-state index in [-0.39, 0.29) is 17.0 Å². The third-order valence-electron chi connectivity index (χ3n) is 5.93. The molecule has 0 bridgehead atoms. The molecule has 2 aliphatic rings. The number of carbonyl (C=O) groups excluding carboxylic acids is 1. The predicted molar refractivity (Wildman–Crippen MR) is 111 cm³/mol. The van der Waals surface area contributed by atoms with Crippen molar-refractivity contribution in [1.82, 2.24) is 14.5 Å². The van der Waals surface area contributed by atoms with Gasteiger partial charge in [-0.25, -0.2) is 17.5 Å². The fraction of sp³-hybridized carbons (Fsp3) is 0.667. The second kappa shape index (κ2) is 10.00. The van der Waals surface area contributed by atoms with Gasteiger partial charge in [-0.15, -0.1) is 0 Å². The van der Waals surface area contributed by atoms with Gasteiger partial charge >= 0.3 is 0 Å². The number of amides is 1. The van der Waals surface area contributed by atoms with Crippen LogP contribution in [-0.4, -0.2) is 63.4 Å². The van der Waals surface area contributed by atoms with Crippen LogP contribution in [0, 0.1) is 11.7 Å². The molecule has 0 aromatic heterocycles. The molecular formula is C21H32FN3O3S. The SMILES string of the molecule is CCNS(=O)(=O)c1ccc(F)c(C(=O)N2CCCN(CC3CCCCC3)CC2)c1. The molecule has 1 saturated heterocycles. The van der Waals surface area contributed by atoms with Crippen molar-refractivity contribution in [3.8, 4) is 0 Å². The van der Waals surface area contributed by atoms with Crippen LogP contribution >= 0.6 is 0 Å². The molecule has 0 unspecified atom stereocenters. The summed E-state index contributed by atoms with van der Waals surface area (Å²) in [7, 11) is -3.74. The van der Waals surface area contributed by atoms with Crippen LogP contribution in [0.5, 0.6) is 0 Å². The molecule has 6 nitrogen and oxygen atoms in total. The zero-order valence-electron chi connectivity index (χ0n) is 17.2. The summed E-state index contributed by atoms with van der Waals surface area (Å²) in [5.41, 5.74) is -0.176. The van der Waals surface area contributed by atoms with E-state index in [0.717, 1.165) is 44.1 Å². The summed E-state index contributed by atoms with van der Waals surface area (Å²) in [4.78, 5) is 17.0. The molecule has 1 amide bonds. The highest BCUT2D eigenvalue weighted by molar-refractivity contribution is 7.89. The topological polar surface area (TPSA) is 69.7 Å². The molecule has 29 heavy (non-hydrogen) atoms. The Morgan fingerprint density at radius 2 is 1.86 bits per heavy atom. The summed E-state index contributed by atoms with van der Waals surface area (Å²) in [6.45, 7) is 5.79. The number of hydrogen-bond acceptors (Lipinski definition) is 4. The Bertz CT molecular complexity index is 809. The smallest absolute Gasteiger partial charge is 0.256 e. The second-order valence-corrected chi connectivity index (χ2v) is 9.86. The highest BCUT2D eigenvalue weighted by Gasteiger charge is 2.26. The van der Waals surface area contributed by atoms with Crippen LogP contribution in [-0.2, 0) is 10.0 Å². The zero-order chi connectivity index (χ0) is 20.9. The van der Waals surface area contributed by atoms with Crippen LogP contribution in [0.2, 0.25) is 0 Å². The van der Waals surface area contributed by atoms with Crippen molar-refractivity contribution in [2.75, 3.05) is 39.3 Å². The largest absolute Gasteiger partial charge is 0.337 e. The molecule has 1 saturated carbocycles. The normalized spacial score (nSPS) is 19.9. The maximum absolute atomic E-state index is 14.4. The molecular weight excluding hydrogens is 393 g/mol. The fourth-order valence-electron chi connectivity index (χ4n) is 4.37. The van der Waals surface area contributed by atoms with Crippen molar-refractivity contribution in [2.24, 2.45) is 5.92 Å². The first kappa shape index (κ1) is 22.2. The predicted octanol–water partition coefficient (Wildman–Crippen LogP) is 2.85. The molecule has 2 fully saturated rings. The Kier molecular flexibility index (Phi) is 7.65. The molecule has 1 aliphatic heterocycles. The minimum atomic E-state index is -3.74. The van der Waals surface area contributed by atoms with Gasteiger partial charge in [0.25, 0.3) is 5.91 Å². The van der Waals surface area contributed by atoms with Gasteiger partial charge in [0.05, 0.1) is 10.5 Å². The van der Waals surface area contributed by atoms with Crippen LogP contribution in [0.1, 0.15) is 55.8 Å². The van der Waals surface area contributed by atoms with E-state index in [9.17, 15) is 17.6 Å². The van der Waals surface area contributed by atoms with E-state index < -0.39 is 21.7 Å². The van der Waals surface area contributed by atoms with Gasteiger partial charge < -0.3 is 9.80 Å². The fourth-order valence-corrected chi connectivity index (χ4v) is 5.44. The number of hydrogen-bond donors (Lipinski definition) is 1. The number of nitrogens with one attached hydrogen (secondary N) is 1. The monoisotopic (exact) mass is 425 g/mol. The number of halogens is 1. The number of sulfonamides is 1. The van der Waals surface area contributed by atoms with Crippen LogP contribution in [0.25, 0.3) is 0 Å². The van der Waals surface area contributed by atoms with E-state index in [1.54, 1.807) is 11.8 Å². The summed E-state index contributed by atoms with van der Waals surface area (Å²) < 4.78 is 41.2. The minimum absolute atomic E-state index is 0.0853. The van der Waals surface area contributed by atoms with Gasteiger partial charge in [-0.2, -0.15) is 0 Å². The van der Waals surface area contributed by atoms with Crippen molar-refractivity contribution < 1.29 is 17.6 Å². The van der Waals surface area contributed by atoms with Crippen LogP contribution < -0.4 is 4.72 Å². The van der Waals surface area contributed by atoms with Gasteiger partial charge in [-0.3, -0.25) is 4.79 Å². The molecule has 3 rings (SSSR count). The maximum atomic E-state index is 14.4. The summed E-state index contributed by atoms with van der Waals surface area (Å²) in [6, 6.07) is 3.41. The molecule has 8 heteroatoms. The van der Waals surface area contributed by atoms with E-state index in [2.05, 4.69) is 9.62 Å². The lowest BCUT2D eigenvalue weighted by Crippen LogP contribution is -2.37. The maximum Gasteiger partial charge on any atom is 0.256 e. The average molecular weight is 426 g/mol. The third kappa shape index (κ3) is 5.77. The van der Waals surface area contributed by atoms with E-state index in [1.165, 1.54) is 38.2 Å². The Morgan fingerprint density at radius 1 is 1.10 bits per heavy atom. The molecule has 1 N–H and O–H groups in total. The molecule has 1 aromatic carbocycles. The first-order chi connectivity index (χ1) is 13.9. The van der Waals surface area contributed by atoms with Crippen molar-refractivity contribution in [1.29, 1.82) is 0 Å². The number of carbonyl (C=O) groups is 1. The summed E-state index contributed by atoms with van der Waals surface area (Å²) in [6.07, 6.45) is 7.39. The summed E-state index contributed by atoms with van der Waals surface area (Å²) in [5, 5.41) is 0. The second-order valence-electron chi connectivity index (χ2n) is 8.09. The lowest BCUT2D eigenvalue weighted by Gasteiger charge is -2.28. The van der Waals surface area contributed by atoms with E-state index in [0.29, 0.717) is 13.1 Å². The van der Waals surface area contributed by atoms with Crippen molar-refractivity contribution >= 4 is 15.9 Å². The average Bonchev–Trinajstić information content (AvgIpc) is 2.94. The van der Waals surface area contributed by atoms with Crippen molar-refractivity contribution in [3.63, 3.8) is 0 Å². The Hall–Kier alpha value is -1.51. The first-order valence-corrected chi connectivity index (χ1v) is 12.2. The molecule has 0 radical (unpaired) electrons. The third-order valence-corrected chi connectivity index (χ3v) is 7.47. The highest BCUT2D eigenvalue weighted by atomic mass is 32.2. The lowest BCUT2D eigenvalue weighted by atomic mass is 9.89. The highest BCUT2D eigenvalue weighted by Crippen LogP contribution is 2.25. The van der Waals surface area contributed by atoms with E-state index >= 15 is 0 Å². The summed E-state index contributed by atoms with van der Waals surface area (Å²) in [5.74, 6) is -0.374. The molecule has 0 atom stereocenters. The molecule has 1 aliphatic carbocycles. The zero-order valence-corrected chi connectivity index (χ0v) is 18.0. The van der Waals surface area contributed by atoms with Crippen molar-refractivity contribution in [3.05, 3.63) is 29.6 Å². The van der Waals surface area contributed by atoms with Gasteiger partial charge in [0, 0.05) is 32.7 Å². The Balaban J connectivity index is 1.67. The van der Waals surface area contributed by atoms with Crippen LogP contribution in [0.4, 0.5) is 4.39 Å². The van der Waals surface area contributed by atoms with Gasteiger partial charge in [-0.05, 0) is 49.9 Å². The number of nitrogens with zero attached hydrogens (tertiary/aromatic N) is 2. The van der Waals surface area contributed by atoms with Crippen LogP contribution in [0.3, 0.4) is 0 Å². The molecule has 162 valence electrons. The van der Waals surface area contributed by atoms with Gasteiger partial charge in [0.1, 0.15) is 5.82 Å². The van der Waals surface area contributed by atoms with E-state index in [1.807, 2.05) is 0 Å². The van der Waals surface area contributed by atoms with Gasteiger partial charge in [0.2, 0.25) is 10.0 Å². The van der Waals surface area contributed by atoms with Crippen LogP contribution in [0.15, 0.2) is 23.1 Å². The Labute approximate surface area is 173 Å².